The summed E-state index contributed by atoms with van der Waals surface area (Å²) in [5.41, 5.74) is 4.29. The first-order valence-electron chi connectivity index (χ1n) is 6.98. The Morgan fingerprint density at radius 3 is 1.63 bits per heavy atom. The first-order chi connectivity index (χ1) is 8.54. The van der Waals surface area contributed by atoms with Crippen molar-refractivity contribution in [1.82, 2.24) is 4.90 Å². The molecule has 0 spiro atoms. The minimum absolute atomic E-state index is 0.0879. The Morgan fingerprint density at radius 1 is 0.895 bits per heavy atom. The molecule has 0 bridgehead atoms. The molecule has 0 unspecified atom stereocenters. The molecular weight excluding hydrogens is 234 g/mol. The molecule has 0 fully saturated rings. The van der Waals surface area contributed by atoms with Crippen LogP contribution < -0.4 is 0 Å². The smallest absolute Gasteiger partial charge is 0.0956 e. The molecule has 0 heterocycles. The molecule has 1 rings (SSSR count). The van der Waals surface area contributed by atoms with Crippen molar-refractivity contribution in [2.45, 2.75) is 58.9 Å². The van der Waals surface area contributed by atoms with Crippen LogP contribution in [-0.2, 0) is 17.4 Å². The van der Waals surface area contributed by atoms with Crippen molar-refractivity contribution in [1.29, 1.82) is 0 Å². The van der Waals surface area contributed by atoms with Crippen LogP contribution in [0.2, 0.25) is 0 Å². The lowest BCUT2D eigenvalue weighted by molar-refractivity contribution is 0.127. The fraction of sp³-hybridized carbons (Fsp3) is 0.647. The summed E-state index contributed by atoms with van der Waals surface area (Å²) in [7, 11) is 1.93. The van der Waals surface area contributed by atoms with Gasteiger partial charge in [0.1, 0.15) is 0 Å². The van der Waals surface area contributed by atoms with E-state index in [1.54, 1.807) is 0 Å². The predicted octanol–water partition coefficient (Wildman–Crippen LogP) is 3.66. The maximum atomic E-state index is 9.18. The van der Waals surface area contributed by atoms with Crippen molar-refractivity contribution >= 4 is 0 Å². The zero-order chi connectivity index (χ0) is 14.8. The molecule has 0 aliphatic rings. The lowest BCUT2D eigenvalue weighted by Crippen LogP contribution is -2.21. The van der Waals surface area contributed by atoms with Gasteiger partial charge in [0.15, 0.2) is 0 Å². The van der Waals surface area contributed by atoms with Crippen LogP contribution >= 0.6 is 0 Å². The lowest BCUT2D eigenvalue weighted by atomic mass is 9.79. The van der Waals surface area contributed by atoms with Gasteiger partial charge in [-0.15, -0.1) is 0 Å². The Labute approximate surface area is 118 Å². The van der Waals surface area contributed by atoms with Gasteiger partial charge in [0.25, 0.3) is 0 Å². The van der Waals surface area contributed by atoms with Gasteiger partial charge in [0.05, 0.1) is 6.73 Å². The van der Waals surface area contributed by atoms with Crippen molar-refractivity contribution < 1.29 is 5.11 Å². The molecule has 108 valence electrons. The highest BCUT2D eigenvalue weighted by atomic mass is 16.3. The van der Waals surface area contributed by atoms with Gasteiger partial charge < -0.3 is 5.11 Å². The van der Waals surface area contributed by atoms with Gasteiger partial charge in [-0.1, -0.05) is 59.7 Å². The highest BCUT2D eigenvalue weighted by molar-refractivity contribution is 5.37. The zero-order valence-corrected chi connectivity index (χ0v) is 13.5. The van der Waals surface area contributed by atoms with Crippen LogP contribution in [0.25, 0.3) is 0 Å². The molecule has 1 aromatic carbocycles. The van der Waals surface area contributed by atoms with E-state index in [0.29, 0.717) is 0 Å². The maximum absolute atomic E-state index is 9.18. The molecule has 2 nitrogen and oxygen atoms in total. The molecular formula is C17H29NO. The molecule has 1 aromatic rings. The van der Waals surface area contributed by atoms with Gasteiger partial charge >= 0.3 is 0 Å². The van der Waals surface area contributed by atoms with Gasteiger partial charge in [0.2, 0.25) is 0 Å². The average molecular weight is 263 g/mol. The molecule has 0 atom stereocenters. The van der Waals surface area contributed by atoms with E-state index in [4.69, 9.17) is 0 Å². The van der Waals surface area contributed by atoms with Gasteiger partial charge in [0, 0.05) is 6.54 Å². The van der Waals surface area contributed by atoms with Gasteiger partial charge in [-0.2, -0.15) is 0 Å². The Hall–Kier alpha value is -0.860. The van der Waals surface area contributed by atoms with E-state index in [1.165, 1.54) is 16.7 Å². The summed E-state index contributed by atoms with van der Waals surface area (Å²) in [5, 5.41) is 9.18. The molecule has 2 heteroatoms. The molecule has 1 N–H and O–H groups in total. The van der Waals surface area contributed by atoms with Gasteiger partial charge in [-0.25, -0.2) is 0 Å². The quantitative estimate of drug-likeness (QED) is 0.841. The second-order valence-corrected chi connectivity index (χ2v) is 7.57. The molecule has 0 saturated heterocycles. The van der Waals surface area contributed by atoms with Crippen LogP contribution in [0.15, 0.2) is 18.2 Å². The summed E-state index contributed by atoms with van der Waals surface area (Å²) in [4.78, 5) is 1.91. The fourth-order valence-corrected chi connectivity index (χ4v) is 2.01. The summed E-state index contributed by atoms with van der Waals surface area (Å²) in [6, 6.07) is 6.85. The third kappa shape index (κ3) is 4.63. The summed E-state index contributed by atoms with van der Waals surface area (Å²) in [5.74, 6) is 0. The summed E-state index contributed by atoms with van der Waals surface area (Å²) in [6.07, 6.45) is 0. The van der Waals surface area contributed by atoms with E-state index in [-0.39, 0.29) is 17.6 Å². The minimum Gasteiger partial charge on any atom is -0.381 e. The van der Waals surface area contributed by atoms with Crippen molar-refractivity contribution in [3.63, 3.8) is 0 Å². The first kappa shape index (κ1) is 16.2. The molecule has 0 radical (unpaired) electrons. The third-order valence-corrected chi connectivity index (χ3v) is 3.42. The van der Waals surface area contributed by atoms with Crippen molar-refractivity contribution in [2.75, 3.05) is 13.8 Å². The van der Waals surface area contributed by atoms with E-state index < -0.39 is 0 Å². The van der Waals surface area contributed by atoms with Gasteiger partial charge in [-0.3, -0.25) is 4.90 Å². The Bertz CT molecular complexity index is 392. The molecule has 0 aliphatic heterocycles. The summed E-state index contributed by atoms with van der Waals surface area (Å²) < 4.78 is 0. The standard InChI is InChI=1S/C17H29NO/c1-16(2,3)14-8-13(11-18(7)12-19)9-15(10-14)17(4,5)6/h8-10,19H,11-12H2,1-7H3. The number of aliphatic hydroxyl groups excluding tert-OH is 1. The molecule has 0 amide bonds. The highest BCUT2D eigenvalue weighted by Crippen LogP contribution is 2.30. The van der Waals surface area contributed by atoms with Crippen LogP contribution in [0.1, 0.15) is 58.2 Å². The van der Waals surface area contributed by atoms with Crippen LogP contribution in [-0.4, -0.2) is 23.8 Å². The van der Waals surface area contributed by atoms with E-state index in [1.807, 2.05) is 11.9 Å². The molecule has 0 aliphatic carbocycles. The molecule has 0 aromatic heterocycles. The number of hydrogen-bond donors (Lipinski definition) is 1. The monoisotopic (exact) mass is 263 g/mol. The Kier molecular flexibility index (Phi) is 4.81. The predicted molar refractivity (Wildman–Crippen MR) is 82.4 cm³/mol. The van der Waals surface area contributed by atoms with E-state index >= 15 is 0 Å². The first-order valence-corrected chi connectivity index (χ1v) is 6.98. The second-order valence-electron chi connectivity index (χ2n) is 7.57. The van der Waals surface area contributed by atoms with Crippen LogP contribution in [0, 0.1) is 0 Å². The second kappa shape index (κ2) is 5.64. The van der Waals surface area contributed by atoms with E-state index in [0.717, 1.165) is 6.54 Å². The van der Waals surface area contributed by atoms with Gasteiger partial charge in [-0.05, 0) is 34.6 Å². The molecule has 19 heavy (non-hydrogen) atoms. The number of benzene rings is 1. The van der Waals surface area contributed by atoms with Crippen LogP contribution in [0.5, 0.6) is 0 Å². The Balaban J connectivity index is 3.25. The van der Waals surface area contributed by atoms with E-state index in [2.05, 4.69) is 59.7 Å². The van der Waals surface area contributed by atoms with Crippen LogP contribution in [0.4, 0.5) is 0 Å². The normalized spacial score (nSPS) is 13.1. The Morgan fingerprint density at radius 2 is 1.32 bits per heavy atom. The van der Waals surface area contributed by atoms with Crippen molar-refractivity contribution in [3.05, 3.63) is 34.9 Å². The minimum atomic E-state index is 0.0879. The maximum Gasteiger partial charge on any atom is 0.0956 e. The average Bonchev–Trinajstić information content (AvgIpc) is 2.26. The fourth-order valence-electron chi connectivity index (χ4n) is 2.01. The number of rotatable bonds is 3. The molecule has 0 saturated carbocycles. The van der Waals surface area contributed by atoms with Crippen molar-refractivity contribution in [3.8, 4) is 0 Å². The van der Waals surface area contributed by atoms with Crippen molar-refractivity contribution in [2.24, 2.45) is 0 Å². The lowest BCUT2D eigenvalue weighted by Gasteiger charge is -2.27. The number of nitrogens with zero attached hydrogens (tertiary/aromatic N) is 1. The van der Waals surface area contributed by atoms with Crippen LogP contribution in [0.3, 0.4) is 0 Å². The van der Waals surface area contributed by atoms with E-state index in [9.17, 15) is 5.11 Å². The summed E-state index contributed by atoms with van der Waals surface area (Å²) in [6.45, 7) is 14.3. The highest BCUT2D eigenvalue weighted by Gasteiger charge is 2.20. The number of aliphatic hydroxyl groups is 1. The SMILES string of the molecule is CN(CO)Cc1cc(C(C)(C)C)cc(C(C)(C)C)c1. The third-order valence-electron chi connectivity index (χ3n) is 3.42. The summed E-state index contributed by atoms with van der Waals surface area (Å²) >= 11 is 0. The largest absolute Gasteiger partial charge is 0.381 e. The zero-order valence-electron chi connectivity index (χ0n) is 13.5. The number of hydrogen-bond acceptors (Lipinski definition) is 2. The topological polar surface area (TPSA) is 23.5 Å².